The molecule has 0 aliphatic heterocycles. The van der Waals surface area contributed by atoms with Crippen LogP contribution in [-0.2, 0) is 10.3 Å². The lowest BCUT2D eigenvalue weighted by atomic mass is 9.88. The van der Waals surface area contributed by atoms with Crippen LogP contribution in [0.25, 0.3) is 0 Å². The number of aliphatic carboxylic acids is 1. The van der Waals surface area contributed by atoms with Crippen molar-refractivity contribution in [1.29, 1.82) is 0 Å². The predicted octanol–water partition coefficient (Wildman–Crippen LogP) is 1.98. The zero-order chi connectivity index (χ0) is 14.6. The number of carbonyl (C=O) groups excluding carboxylic acids is 1. The Morgan fingerprint density at radius 1 is 1.20 bits per heavy atom. The smallest absolute Gasteiger partial charge is 0.323 e. The molecule has 1 aliphatic rings. The van der Waals surface area contributed by atoms with Gasteiger partial charge in [0.15, 0.2) is 0 Å². The second-order valence-corrected chi connectivity index (χ2v) is 5.00. The van der Waals surface area contributed by atoms with E-state index in [1.54, 1.807) is 12.1 Å². The predicted molar refractivity (Wildman–Crippen MR) is 70.7 cm³/mol. The Kier molecular flexibility index (Phi) is 4.22. The van der Waals surface area contributed by atoms with Crippen LogP contribution in [0.3, 0.4) is 0 Å². The fraction of sp³-hybridized carbons (Fsp3) is 0.429. The topological polar surface area (TPSA) is 78.4 Å². The number of urea groups is 1. The maximum atomic E-state index is 13.0. The van der Waals surface area contributed by atoms with Crippen molar-refractivity contribution in [2.45, 2.75) is 31.2 Å². The van der Waals surface area contributed by atoms with Crippen molar-refractivity contribution in [3.05, 3.63) is 35.6 Å². The van der Waals surface area contributed by atoms with Gasteiger partial charge in [-0.05, 0) is 30.5 Å². The van der Waals surface area contributed by atoms with Crippen LogP contribution in [-0.4, -0.2) is 23.7 Å². The molecular weight excluding hydrogens is 263 g/mol. The SMILES string of the molecule is O=C(O)CNC(=O)NC1(c2ccc(F)cc2)CCCC1. The summed E-state index contributed by atoms with van der Waals surface area (Å²) in [5.74, 6) is -1.42. The Bertz CT molecular complexity index is 496. The van der Waals surface area contributed by atoms with Crippen LogP contribution < -0.4 is 10.6 Å². The van der Waals surface area contributed by atoms with Crippen LogP contribution in [0.5, 0.6) is 0 Å². The van der Waals surface area contributed by atoms with Crippen LogP contribution in [0.1, 0.15) is 31.2 Å². The van der Waals surface area contributed by atoms with E-state index in [1.807, 2.05) is 0 Å². The lowest BCUT2D eigenvalue weighted by Crippen LogP contribution is -2.49. The van der Waals surface area contributed by atoms with Crippen LogP contribution in [0.4, 0.5) is 9.18 Å². The first kappa shape index (κ1) is 14.3. The summed E-state index contributed by atoms with van der Waals surface area (Å²) >= 11 is 0. The van der Waals surface area contributed by atoms with Gasteiger partial charge >= 0.3 is 12.0 Å². The van der Waals surface area contributed by atoms with Gasteiger partial charge in [-0.25, -0.2) is 9.18 Å². The van der Waals surface area contributed by atoms with Crippen molar-refractivity contribution in [3.8, 4) is 0 Å². The number of nitrogens with one attached hydrogen (secondary N) is 2. The summed E-state index contributed by atoms with van der Waals surface area (Å²) in [7, 11) is 0. The Hall–Kier alpha value is -2.11. The largest absolute Gasteiger partial charge is 0.480 e. The minimum Gasteiger partial charge on any atom is -0.480 e. The number of amides is 2. The molecule has 108 valence electrons. The van der Waals surface area contributed by atoms with E-state index in [0.717, 1.165) is 31.2 Å². The molecule has 6 heteroatoms. The van der Waals surface area contributed by atoms with E-state index < -0.39 is 24.1 Å². The molecule has 1 aliphatic carbocycles. The molecule has 1 aromatic rings. The molecule has 2 amide bonds. The molecule has 5 nitrogen and oxygen atoms in total. The molecule has 0 radical (unpaired) electrons. The third-order valence-electron chi connectivity index (χ3n) is 3.61. The van der Waals surface area contributed by atoms with Gasteiger partial charge in [0, 0.05) is 0 Å². The monoisotopic (exact) mass is 280 g/mol. The van der Waals surface area contributed by atoms with Crippen molar-refractivity contribution in [3.63, 3.8) is 0 Å². The van der Waals surface area contributed by atoms with Gasteiger partial charge in [-0.2, -0.15) is 0 Å². The number of benzene rings is 1. The number of hydrogen-bond acceptors (Lipinski definition) is 2. The van der Waals surface area contributed by atoms with E-state index in [9.17, 15) is 14.0 Å². The van der Waals surface area contributed by atoms with E-state index in [-0.39, 0.29) is 5.82 Å². The fourth-order valence-corrected chi connectivity index (χ4v) is 2.65. The van der Waals surface area contributed by atoms with Gasteiger partial charge in [0.2, 0.25) is 0 Å². The summed E-state index contributed by atoms with van der Waals surface area (Å²) < 4.78 is 13.0. The molecule has 2 rings (SSSR count). The quantitative estimate of drug-likeness (QED) is 0.789. The highest BCUT2D eigenvalue weighted by Crippen LogP contribution is 2.38. The van der Waals surface area contributed by atoms with Gasteiger partial charge < -0.3 is 15.7 Å². The van der Waals surface area contributed by atoms with Crippen LogP contribution >= 0.6 is 0 Å². The summed E-state index contributed by atoms with van der Waals surface area (Å²) in [6.07, 6.45) is 3.46. The molecule has 0 saturated heterocycles. The third-order valence-corrected chi connectivity index (χ3v) is 3.61. The second kappa shape index (κ2) is 5.90. The van der Waals surface area contributed by atoms with Crippen molar-refractivity contribution >= 4 is 12.0 Å². The molecule has 0 atom stereocenters. The van der Waals surface area contributed by atoms with E-state index in [0.29, 0.717) is 0 Å². The van der Waals surface area contributed by atoms with Crippen molar-refractivity contribution < 1.29 is 19.1 Å². The molecular formula is C14H17FN2O3. The van der Waals surface area contributed by atoms with Gasteiger partial charge in [0.05, 0.1) is 5.54 Å². The molecule has 0 unspecified atom stereocenters. The first-order valence-electron chi connectivity index (χ1n) is 6.56. The molecule has 1 aromatic carbocycles. The molecule has 1 saturated carbocycles. The number of halogens is 1. The molecule has 0 bridgehead atoms. The van der Waals surface area contributed by atoms with Gasteiger partial charge in [0.25, 0.3) is 0 Å². The average Bonchev–Trinajstić information content (AvgIpc) is 2.87. The average molecular weight is 280 g/mol. The number of hydrogen-bond donors (Lipinski definition) is 3. The Morgan fingerprint density at radius 2 is 1.80 bits per heavy atom. The maximum Gasteiger partial charge on any atom is 0.323 e. The lowest BCUT2D eigenvalue weighted by molar-refractivity contribution is -0.135. The number of carbonyl (C=O) groups is 2. The van der Waals surface area contributed by atoms with E-state index in [4.69, 9.17) is 5.11 Å². The van der Waals surface area contributed by atoms with Gasteiger partial charge in [-0.15, -0.1) is 0 Å². The molecule has 1 fully saturated rings. The lowest BCUT2D eigenvalue weighted by Gasteiger charge is -2.31. The van der Waals surface area contributed by atoms with Crippen LogP contribution in [0.2, 0.25) is 0 Å². The number of carboxylic acids is 1. The fourth-order valence-electron chi connectivity index (χ4n) is 2.65. The molecule has 0 spiro atoms. The molecule has 3 N–H and O–H groups in total. The highest BCUT2D eigenvalue weighted by molar-refractivity contribution is 5.80. The van der Waals surface area contributed by atoms with E-state index in [1.165, 1.54) is 12.1 Å². The second-order valence-electron chi connectivity index (χ2n) is 5.00. The van der Waals surface area contributed by atoms with Crippen LogP contribution in [0, 0.1) is 5.82 Å². The maximum absolute atomic E-state index is 13.0. The van der Waals surface area contributed by atoms with E-state index >= 15 is 0 Å². The highest BCUT2D eigenvalue weighted by Gasteiger charge is 2.37. The van der Waals surface area contributed by atoms with Crippen molar-refractivity contribution in [1.82, 2.24) is 10.6 Å². The minimum absolute atomic E-state index is 0.322. The normalized spacial score (nSPS) is 16.6. The zero-order valence-corrected chi connectivity index (χ0v) is 11.0. The Labute approximate surface area is 116 Å². The Balaban J connectivity index is 2.11. The molecule has 0 heterocycles. The summed E-state index contributed by atoms with van der Waals surface area (Å²) in [4.78, 5) is 22.2. The number of carboxylic acid groups (broad SMARTS) is 1. The van der Waals surface area contributed by atoms with E-state index in [2.05, 4.69) is 10.6 Å². The highest BCUT2D eigenvalue weighted by atomic mass is 19.1. The summed E-state index contributed by atoms with van der Waals surface area (Å²) in [6.45, 7) is -0.425. The summed E-state index contributed by atoms with van der Waals surface area (Å²) in [5.41, 5.74) is 0.317. The van der Waals surface area contributed by atoms with Crippen molar-refractivity contribution in [2.24, 2.45) is 0 Å². The van der Waals surface area contributed by atoms with Gasteiger partial charge in [-0.3, -0.25) is 4.79 Å². The van der Waals surface area contributed by atoms with Gasteiger partial charge in [-0.1, -0.05) is 25.0 Å². The standard InChI is InChI=1S/C14H17FN2O3/c15-11-5-3-10(4-6-11)14(7-1-2-8-14)17-13(20)16-9-12(18)19/h3-6H,1-2,7-9H2,(H,18,19)(H2,16,17,20). The summed E-state index contributed by atoms with van der Waals surface area (Å²) in [5, 5.41) is 13.7. The summed E-state index contributed by atoms with van der Waals surface area (Å²) in [6, 6.07) is 5.55. The first-order valence-corrected chi connectivity index (χ1v) is 6.56. The van der Waals surface area contributed by atoms with Crippen LogP contribution in [0.15, 0.2) is 24.3 Å². The number of rotatable bonds is 4. The zero-order valence-electron chi connectivity index (χ0n) is 11.0. The minimum atomic E-state index is -1.09. The van der Waals surface area contributed by atoms with Crippen molar-refractivity contribution in [2.75, 3.05) is 6.54 Å². The van der Waals surface area contributed by atoms with Gasteiger partial charge in [0.1, 0.15) is 12.4 Å². The Morgan fingerprint density at radius 3 is 2.35 bits per heavy atom. The molecule has 20 heavy (non-hydrogen) atoms. The molecule has 0 aromatic heterocycles. The third kappa shape index (κ3) is 3.26. The first-order chi connectivity index (χ1) is 9.52.